The summed E-state index contributed by atoms with van der Waals surface area (Å²) in [6.07, 6.45) is 5.28. The minimum Gasteiger partial charge on any atom is -0.393 e. The standard InChI is InChI=1S/C13H26O2/c1-4-13(15,5-2)9-11-8-10(3)6-7-12(11)14/h10-12,14-15H,4-9H2,1-3H3. The predicted molar refractivity (Wildman–Crippen MR) is 62.7 cm³/mol. The molecule has 2 heteroatoms. The maximum atomic E-state index is 10.3. The smallest absolute Gasteiger partial charge is 0.0646 e. The summed E-state index contributed by atoms with van der Waals surface area (Å²) in [5.74, 6) is 1.01. The molecule has 0 heterocycles. The summed E-state index contributed by atoms with van der Waals surface area (Å²) in [7, 11) is 0. The second kappa shape index (κ2) is 5.31. The Morgan fingerprint density at radius 1 is 1.20 bits per heavy atom. The quantitative estimate of drug-likeness (QED) is 0.755. The molecule has 0 spiro atoms. The highest BCUT2D eigenvalue weighted by Crippen LogP contribution is 2.36. The van der Waals surface area contributed by atoms with Crippen LogP contribution < -0.4 is 0 Å². The molecule has 1 saturated carbocycles. The summed E-state index contributed by atoms with van der Waals surface area (Å²) in [4.78, 5) is 0. The van der Waals surface area contributed by atoms with E-state index in [0.717, 1.165) is 38.5 Å². The van der Waals surface area contributed by atoms with Crippen LogP contribution in [0.1, 0.15) is 59.3 Å². The van der Waals surface area contributed by atoms with Crippen molar-refractivity contribution in [1.82, 2.24) is 0 Å². The van der Waals surface area contributed by atoms with Crippen molar-refractivity contribution in [3.63, 3.8) is 0 Å². The van der Waals surface area contributed by atoms with Crippen molar-refractivity contribution in [2.75, 3.05) is 0 Å². The van der Waals surface area contributed by atoms with E-state index >= 15 is 0 Å². The Balaban J connectivity index is 2.54. The molecule has 15 heavy (non-hydrogen) atoms. The summed E-state index contributed by atoms with van der Waals surface area (Å²) < 4.78 is 0. The molecule has 2 nitrogen and oxygen atoms in total. The summed E-state index contributed by atoms with van der Waals surface area (Å²) in [5.41, 5.74) is -0.553. The van der Waals surface area contributed by atoms with E-state index in [1.165, 1.54) is 0 Å². The summed E-state index contributed by atoms with van der Waals surface area (Å²) in [6, 6.07) is 0. The molecule has 1 rings (SSSR count). The van der Waals surface area contributed by atoms with Gasteiger partial charge in [0.15, 0.2) is 0 Å². The highest BCUT2D eigenvalue weighted by atomic mass is 16.3. The lowest BCUT2D eigenvalue weighted by atomic mass is 9.74. The molecular weight excluding hydrogens is 188 g/mol. The molecule has 0 aromatic rings. The number of aliphatic hydroxyl groups excluding tert-OH is 1. The Morgan fingerprint density at radius 2 is 1.80 bits per heavy atom. The van der Waals surface area contributed by atoms with Gasteiger partial charge in [0.2, 0.25) is 0 Å². The number of aliphatic hydroxyl groups is 2. The molecule has 0 aromatic carbocycles. The van der Waals surface area contributed by atoms with Gasteiger partial charge in [-0.15, -0.1) is 0 Å². The van der Waals surface area contributed by atoms with Gasteiger partial charge in [0.25, 0.3) is 0 Å². The molecule has 1 fully saturated rings. The van der Waals surface area contributed by atoms with Crippen molar-refractivity contribution < 1.29 is 10.2 Å². The van der Waals surface area contributed by atoms with E-state index in [4.69, 9.17) is 0 Å². The van der Waals surface area contributed by atoms with Gasteiger partial charge in [-0.25, -0.2) is 0 Å². The van der Waals surface area contributed by atoms with E-state index in [9.17, 15) is 10.2 Å². The minimum absolute atomic E-state index is 0.189. The lowest BCUT2D eigenvalue weighted by molar-refractivity contribution is -0.0364. The third-order valence-corrected chi connectivity index (χ3v) is 4.16. The van der Waals surface area contributed by atoms with Crippen LogP contribution in [-0.4, -0.2) is 21.9 Å². The van der Waals surface area contributed by atoms with Gasteiger partial charge in [0.05, 0.1) is 11.7 Å². The topological polar surface area (TPSA) is 40.5 Å². The Hall–Kier alpha value is -0.0800. The molecule has 0 radical (unpaired) electrons. The van der Waals surface area contributed by atoms with Crippen molar-refractivity contribution in [1.29, 1.82) is 0 Å². The molecular formula is C13H26O2. The van der Waals surface area contributed by atoms with Crippen molar-refractivity contribution in [3.8, 4) is 0 Å². The zero-order chi connectivity index (χ0) is 11.5. The SMILES string of the molecule is CCC(O)(CC)CC1CC(C)CCC1O. The summed E-state index contributed by atoms with van der Waals surface area (Å²) >= 11 is 0. The van der Waals surface area contributed by atoms with E-state index in [1.807, 2.05) is 13.8 Å². The maximum Gasteiger partial charge on any atom is 0.0646 e. The third kappa shape index (κ3) is 3.46. The zero-order valence-corrected chi connectivity index (χ0v) is 10.4. The molecule has 3 atom stereocenters. The fourth-order valence-corrected chi connectivity index (χ4v) is 2.73. The van der Waals surface area contributed by atoms with Gasteiger partial charge in [0, 0.05) is 0 Å². The first-order chi connectivity index (χ1) is 7.00. The molecule has 2 N–H and O–H groups in total. The van der Waals surface area contributed by atoms with Crippen LogP contribution in [0.2, 0.25) is 0 Å². The van der Waals surface area contributed by atoms with Gasteiger partial charge in [-0.3, -0.25) is 0 Å². The fraction of sp³-hybridized carbons (Fsp3) is 1.00. The molecule has 1 aliphatic carbocycles. The first kappa shape index (κ1) is 13.0. The Morgan fingerprint density at radius 3 is 2.33 bits per heavy atom. The predicted octanol–water partition coefficient (Wildman–Crippen LogP) is 2.72. The normalized spacial score (nSPS) is 33.0. The molecule has 0 saturated heterocycles. The molecule has 3 unspecified atom stereocenters. The highest BCUT2D eigenvalue weighted by Gasteiger charge is 2.33. The van der Waals surface area contributed by atoms with Crippen molar-refractivity contribution in [2.24, 2.45) is 11.8 Å². The number of hydrogen-bond donors (Lipinski definition) is 2. The van der Waals surface area contributed by atoms with Crippen LogP contribution in [0.5, 0.6) is 0 Å². The van der Waals surface area contributed by atoms with Crippen LogP contribution in [0.25, 0.3) is 0 Å². The average molecular weight is 214 g/mol. The van der Waals surface area contributed by atoms with Crippen LogP contribution in [-0.2, 0) is 0 Å². The van der Waals surface area contributed by atoms with E-state index in [0.29, 0.717) is 11.8 Å². The largest absolute Gasteiger partial charge is 0.393 e. The van der Waals surface area contributed by atoms with Crippen LogP contribution in [0.15, 0.2) is 0 Å². The molecule has 0 aliphatic heterocycles. The monoisotopic (exact) mass is 214 g/mol. The highest BCUT2D eigenvalue weighted by molar-refractivity contribution is 4.85. The maximum absolute atomic E-state index is 10.3. The average Bonchev–Trinajstić information content (AvgIpc) is 2.23. The van der Waals surface area contributed by atoms with Gasteiger partial charge in [-0.1, -0.05) is 20.8 Å². The first-order valence-electron chi connectivity index (χ1n) is 6.41. The van der Waals surface area contributed by atoms with Gasteiger partial charge >= 0.3 is 0 Å². The number of hydrogen-bond acceptors (Lipinski definition) is 2. The van der Waals surface area contributed by atoms with E-state index in [-0.39, 0.29) is 6.10 Å². The lowest BCUT2D eigenvalue weighted by Gasteiger charge is -2.37. The van der Waals surface area contributed by atoms with Crippen molar-refractivity contribution in [2.45, 2.75) is 71.0 Å². The minimum atomic E-state index is -0.553. The van der Waals surface area contributed by atoms with Crippen LogP contribution in [0, 0.1) is 11.8 Å². The van der Waals surface area contributed by atoms with Crippen molar-refractivity contribution in [3.05, 3.63) is 0 Å². The van der Waals surface area contributed by atoms with Gasteiger partial charge in [-0.2, -0.15) is 0 Å². The molecule has 0 aromatic heterocycles. The summed E-state index contributed by atoms with van der Waals surface area (Å²) in [5, 5.41) is 20.2. The van der Waals surface area contributed by atoms with Crippen molar-refractivity contribution >= 4 is 0 Å². The van der Waals surface area contributed by atoms with Crippen LogP contribution >= 0.6 is 0 Å². The van der Waals surface area contributed by atoms with Crippen LogP contribution in [0.4, 0.5) is 0 Å². The number of rotatable bonds is 4. The van der Waals surface area contributed by atoms with Gasteiger partial charge in [-0.05, 0) is 50.4 Å². The Kier molecular flexibility index (Phi) is 4.60. The lowest BCUT2D eigenvalue weighted by Crippen LogP contribution is -2.37. The molecule has 0 bridgehead atoms. The van der Waals surface area contributed by atoms with E-state index < -0.39 is 5.60 Å². The van der Waals surface area contributed by atoms with Gasteiger partial charge < -0.3 is 10.2 Å². The first-order valence-corrected chi connectivity index (χ1v) is 6.41. The Bertz CT molecular complexity index is 187. The second-order valence-electron chi connectivity index (χ2n) is 5.38. The third-order valence-electron chi connectivity index (χ3n) is 4.16. The molecule has 1 aliphatic rings. The van der Waals surface area contributed by atoms with Gasteiger partial charge in [0.1, 0.15) is 0 Å². The van der Waals surface area contributed by atoms with E-state index in [2.05, 4.69) is 6.92 Å². The zero-order valence-electron chi connectivity index (χ0n) is 10.4. The second-order valence-corrected chi connectivity index (χ2v) is 5.38. The summed E-state index contributed by atoms with van der Waals surface area (Å²) in [6.45, 7) is 6.31. The van der Waals surface area contributed by atoms with E-state index in [1.54, 1.807) is 0 Å². The molecule has 0 amide bonds. The fourth-order valence-electron chi connectivity index (χ4n) is 2.73. The van der Waals surface area contributed by atoms with Crippen LogP contribution in [0.3, 0.4) is 0 Å². The Labute approximate surface area is 93.7 Å². The molecule has 90 valence electrons.